The second-order valence-electron chi connectivity index (χ2n) is 5.83. The molecule has 1 saturated heterocycles. The Labute approximate surface area is 133 Å². The Kier molecular flexibility index (Phi) is 3.62. The van der Waals surface area contributed by atoms with Gasteiger partial charge in [-0.25, -0.2) is 4.98 Å². The Morgan fingerprint density at radius 2 is 2.13 bits per heavy atom. The van der Waals surface area contributed by atoms with Crippen molar-refractivity contribution in [2.45, 2.75) is 19.5 Å². The molecule has 0 radical (unpaired) electrons. The molecule has 0 spiro atoms. The summed E-state index contributed by atoms with van der Waals surface area (Å²) in [5.41, 5.74) is 0.771. The first-order valence-corrected chi connectivity index (χ1v) is 7.78. The first kappa shape index (κ1) is 14.1. The van der Waals surface area contributed by atoms with E-state index in [0.29, 0.717) is 6.04 Å². The van der Waals surface area contributed by atoms with Crippen LogP contribution in [0.2, 0.25) is 0 Å². The fourth-order valence-corrected chi connectivity index (χ4v) is 3.04. The molecule has 3 aromatic rings. The Balaban J connectivity index is 1.40. The zero-order valence-electron chi connectivity index (χ0n) is 13.0. The van der Waals surface area contributed by atoms with Crippen LogP contribution in [0.5, 0.6) is 0 Å². The standard InChI is InChI=1S/C14H19N9/c1-12-8-20(4-6-21-10-15-9-17-21)5-7-22(12)14-3-2-13-18-16-11-23(13)19-14/h2-3,9-12H,4-8H2,1H3/t12-/m0/s1. The third kappa shape index (κ3) is 2.87. The lowest BCUT2D eigenvalue weighted by molar-refractivity contribution is 0.217. The molecule has 23 heavy (non-hydrogen) atoms. The van der Waals surface area contributed by atoms with Crippen LogP contribution in [0.3, 0.4) is 0 Å². The van der Waals surface area contributed by atoms with Crippen molar-refractivity contribution in [1.29, 1.82) is 0 Å². The average molecular weight is 313 g/mol. The van der Waals surface area contributed by atoms with Gasteiger partial charge in [0.1, 0.15) is 24.8 Å². The summed E-state index contributed by atoms with van der Waals surface area (Å²) in [4.78, 5) is 8.77. The fourth-order valence-electron chi connectivity index (χ4n) is 3.04. The summed E-state index contributed by atoms with van der Waals surface area (Å²) >= 11 is 0. The smallest absolute Gasteiger partial charge is 0.177 e. The van der Waals surface area contributed by atoms with Crippen LogP contribution in [0.25, 0.3) is 5.65 Å². The SMILES string of the molecule is C[C@H]1CN(CCn2cncn2)CCN1c1ccc2nncn2n1. The summed E-state index contributed by atoms with van der Waals surface area (Å²) < 4.78 is 3.59. The van der Waals surface area contributed by atoms with E-state index in [0.717, 1.165) is 44.2 Å². The Bertz CT molecular complexity index is 766. The van der Waals surface area contributed by atoms with Crippen LogP contribution in [0.15, 0.2) is 31.1 Å². The van der Waals surface area contributed by atoms with Crippen LogP contribution in [0, 0.1) is 0 Å². The van der Waals surface area contributed by atoms with E-state index in [1.54, 1.807) is 23.5 Å². The maximum Gasteiger partial charge on any atom is 0.177 e. The van der Waals surface area contributed by atoms with Gasteiger partial charge in [-0.1, -0.05) is 0 Å². The molecule has 1 fully saturated rings. The minimum Gasteiger partial charge on any atom is -0.350 e. The second-order valence-corrected chi connectivity index (χ2v) is 5.83. The minimum absolute atomic E-state index is 0.404. The van der Waals surface area contributed by atoms with Gasteiger partial charge >= 0.3 is 0 Å². The summed E-state index contributed by atoms with van der Waals surface area (Å²) in [6, 6.07) is 4.38. The number of aromatic nitrogens is 7. The minimum atomic E-state index is 0.404. The van der Waals surface area contributed by atoms with E-state index in [4.69, 9.17) is 0 Å². The molecule has 0 saturated carbocycles. The molecule has 9 heteroatoms. The van der Waals surface area contributed by atoms with Crippen molar-refractivity contribution >= 4 is 11.5 Å². The molecule has 120 valence electrons. The normalized spacial score (nSPS) is 19.5. The van der Waals surface area contributed by atoms with Gasteiger partial charge < -0.3 is 4.90 Å². The van der Waals surface area contributed by atoms with Gasteiger partial charge in [0, 0.05) is 32.2 Å². The van der Waals surface area contributed by atoms with Crippen LogP contribution >= 0.6 is 0 Å². The van der Waals surface area contributed by atoms with Crippen LogP contribution in [-0.2, 0) is 6.54 Å². The monoisotopic (exact) mass is 313 g/mol. The fraction of sp³-hybridized carbons (Fsp3) is 0.500. The summed E-state index contributed by atoms with van der Waals surface area (Å²) in [7, 11) is 0. The Morgan fingerprint density at radius 1 is 1.17 bits per heavy atom. The number of hydrogen-bond acceptors (Lipinski definition) is 7. The van der Waals surface area contributed by atoms with Gasteiger partial charge in [-0.15, -0.1) is 15.3 Å². The van der Waals surface area contributed by atoms with Crippen molar-refractivity contribution in [3.8, 4) is 0 Å². The van der Waals surface area contributed by atoms with E-state index >= 15 is 0 Å². The molecule has 0 bridgehead atoms. The number of nitrogens with zero attached hydrogens (tertiary/aromatic N) is 9. The van der Waals surface area contributed by atoms with Crippen molar-refractivity contribution < 1.29 is 0 Å². The highest BCUT2D eigenvalue weighted by atomic mass is 15.4. The third-order valence-electron chi connectivity index (χ3n) is 4.27. The van der Waals surface area contributed by atoms with E-state index < -0.39 is 0 Å². The molecule has 0 aromatic carbocycles. The maximum absolute atomic E-state index is 4.60. The van der Waals surface area contributed by atoms with Crippen molar-refractivity contribution in [2.75, 3.05) is 31.1 Å². The van der Waals surface area contributed by atoms with E-state index in [1.807, 2.05) is 16.8 Å². The van der Waals surface area contributed by atoms with Gasteiger partial charge in [-0.05, 0) is 19.1 Å². The average Bonchev–Trinajstić information content (AvgIpc) is 3.23. The van der Waals surface area contributed by atoms with Gasteiger partial charge in [-0.2, -0.15) is 9.61 Å². The van der Waals surface area contributed by atoms with E-state index in [-0.39, 0.29) is 0 Å². The maximum atomic E-state index is 4.60. The molecule has 1 aliphatic heterocycles. The number of anilines is 1. The van der Waals surface area contributed by atoms with Crippen molar-refractivity contribution in [1.82, 2.24) is 39.5 Å². The Hall–Kier alpha value is -2.55. The number of rotatable bonds is 4. The molecular weight excluding hydrogens is 294 g/mol. The van der Waals surface area contributed by atoms with Gasteiger partial charge in [0.15, 0.2) is 5.65 Å². The largest absolute Gasteiger partial charge is 0.350 e. The van der Waals surface area contributed by atoms with Crippen LogP contribution in [0.1, 0.15) is 6.92 Å². The highest BCUT2D eigenvalue weighted by Gasteiger charge is 2.24. The predicted molar refractivity (Wildman–Crippen MR) is 84.1 cm³/mol. The summed E-state index contributed by atoms with van der Waals surface area (Å²) in [6.45, 7) is 7.08. The first-order chi connectivity index (χ1) is 11.3. The molecule has 0 aliphatic carbocycles. The molecule has 4 heterocycles. The lowest BCUT2D eigenvalue weighted by Gasteiger charge is -2.40. The molecule has 0 N–H and O–H groups in total. The predicted octanol–water partition coefficient (Wildman–Crippen LogP) is -0.0735. The van der Waals surface area contributed by atoms with Crippen LogP contribution < -0.4 is 4.90 Å². The van der Waals surface area contributed by atoms with Crippen molar-refractivity contribution in [2.24, 2.45) is 0 Å². The summed E-state index contributed by atoms with van der Waals surface area (Å²) in [5, 5.41) is 16.6. The lowest BCUT2D eigenvalue weighted by Crippen LogP contribution is -2.52. The summed E-state index contributed by atoms with van der Waals surface area (Å²) in [5.74, 6) is 0.973. The molecule has 0 amide bonds. The van der Waals surface area contributed by atoms with E-state index in [9.17, 15) is 0 Å². The molecule has 1 aliphatic rings. The van der Waals surface area contributed by atoms with Crippen molar-refractivity contribution in [3.05, 3.63) is 31.1 Å². The molecular formula is C14H19N9. The third-order valence-corrected chi connectivity index (χ3v) is 4.27. The number of hydrogen-bond donors (Lipinski definition) is 0. The first-order valence-electron chi connectivity index (χ1n) is 7.78. The van der Waals surface area contributed by atoms with Gasteiger partial charge in [0.2, 0.25) is 0 Å². The summed E-state index contributed by atoms with van der Waals surface area (Å²) in [6.07, 6.45) is 4.98. The number of fused-ring (bicyclic) bond motifs is 1. The zero-order valence-corrected chi connectivity index (χ0v) is 13.0. The second kappa shape index (κ2) is 5.92. The number of piperazine rings is 1. The highest BCUT2D eigenvalue weighted by molar-refractivity contribution is 5.46. The topological polar surface area (TPSA) is 80.3 Å². The highest BCUT2D eigenvalue weighted by Crippen LogP contribution is 2.18. The zero-order chi connectivity index (χ0) is 15.6. The van der Waals surface area contributed by atoms with Crippen LogP contribution in [0.4, 0.5) is 5.82 Å². The molecule has 0 unspecified atom stereocenters. The van der Waals surface area contributed by atoms with Gasteiger partial charge in [-0.3, -0.25) is 9.58 Å². The molecule has 4 rings (SSSR count). The van der Waals surface area contributed by atoms with Crippen molar-refractivity contribution in [3.63, 3.8) is 0 Å². The van der Waals surface area contributed by atoms with Crippen LogP contribution in [-0.4, -0.2) is 71.7 Å². The quantitative estimate of drug-likeness (QED) is 0.667. The molecule has 9 nitrogen and oxygen atoms in total. The van der Waals surface area contributed by atoms with E-state index in [2.05, 4.69) is 42.1 Å². The molecule has 3 aromatic heterocycles. The van der Waals surface area contributed by atoms with Gasteiger partial charge in [0.25, 0.3) is 0 Å². The molecule has 1 atom stereocenters. The van der Waals surface area contributed by atoms with E-state index in [1.165, 1.54) is 0 Å². The van der Waals surface area contributed by atoms with Gasteiger partial charge in [0.05, 0.1) is 6.54 Å². The lowest BCUT2D eigenvalue weighted by atomic mass is 10.2. The Morgan fingerprint density at radius 3 is 2.96 bits per heavy atom.